The molecular weight excluding hydrogens is 430 g/mol. The van der Waals surface area contributed by atoms with Crippen LogP contribution in [0.3, 0.4) is 0 Å². The monoisotopic (exact) mass is 459 g/mol. The van der Waals surface area contributed by atoms with E-state index in [0.717, 1.165) is 22.4 Å². The van der Waals surface area contributed by atoms with Crippen molar-refractivity contribution in [1.82, 2.24) is 15.2 Å². The van der Waals surface area contributed by atoms with Gasteiger partial charge in [0, 0.05) is 23.9 Å². The Kier molecular flexibility index (Phi) is 6.82. The lowest BCUT2D eigenvalue weighted by Gasteiger charge is -2.23. The summed E-state index contributed by atoms with van der Waals surface area (Å²) in [4.78, 5) is 32.3. The summed E-state index contributed by atoms with van der Waals surface area (Å²) in [5.41, 5.74) is 5.24. The number of rotatable bonds is 6. The van der Waals surface area contributed by atoms with Gasteiger partial charge in [0.15, 0.2) is 0 Å². The van der Waals surface area contributed by atoms with Gasteiger partial charge in [-0.3, -0.25) is 9.59 Å². The van der Waals surface area contributed by atoms with Gasteiger partial charge >= 0.3 is 0 Å². The van der Waals surface area contributed by atoms with E-state index in [1.807, 2.05) is 50.2 Å². The van der Waals surface area contributed by atoms with Gasteiger partial charge in [-0.15, -0.1) is 0 Å². The standard InChI is InChI=1S/C27H29N3O4/c1-17-14-18(2)29-26(34-16-20-8-6-5-7-9-20)22(17)15-30-12-13-33-23-11-10-21(25(31)28-4)19(3)24(23)27(30)32/h5-11,14H,12-13,15-16H2,1-4H3,(H,28,31). The summed E-state index contributed by atoms with van der Waals surface area (Å²) in [5, 5.41) is 2.63. The van der Waals surface area contributed by atoms with Gasteiger partial charge in [-0.1, -0.05) is 30.3 Å². The smallest absolute Gasteiger partial charge is 0.258 e. The number of aryl methyl sites for hydroxylation is 2. The normalized spacial score (nSPS) is 13.1. The molecule has 0 fully saturated rings. The van der Waals surface area contributed by atoms with Crippen LogP contribution in [0.5, 0.6) is 11.6 Å². The molecule has 0 saturated heterocycles. The lowest BCUT2D eigenvalue weighted by molar-refractivity contribution is 0.0740. The second-order valence-corrected chi connectivity index (χ2v) is 8.40. The average molecular weight is 460 g/mol. The van der Waals surface area contributed by atoms with E-state index in [1.165, 1.54) is 0 Å². The first-order valence-corrected chi connectivity index (χ1v) is 11.3. The summed E-state index contributed by atoms with van der Waals surface area (Å²) in [7, 11) is 1.57. The van der Waals surface area contributed by atoms with Crippen LogP contribution in [-0.4, -0.2) is 41.9 Å². The number of fused-ring (bicyclic) bond motifs is 1. The summed E-state index contributed by atoms with van der Waals surface area (Å²) in [5.74, 6) is 0.608. The lowest BCUT2D eigenvalue weighted by atomic mass is 9.99. The Morgan fingerprint density at radius 2 is 1.91 bits per heavy atom. The van der Waals surface area contributed by atoms with Crippen molar-refractivity contribution in [1.29, 1.82) is 0 Å². The molecule has 0 aliphatic carbocycles. The maximum Gasteiger partial charge on any atom is 0.258 e. The molecule has 0 unspecified atom stereocenters. The molecule has 3 aromatic rings. The highest BCUT2D eigenvalue weighted by molar-refractivity contribution is 6.04. The molecule has 2 heterocycles. The van der Waals surface area contributed by atoms with Gasteiger partial charge in [-0.05, 0) is 55.7 Å². The first kappa shape index (κ1) is 23.3. The van der Waals surface area contributed by atoms with Crippen LogP contribution in [0.2, 0.25) is 0 Å². The number of benzene rings is 2. The first-order valence-electron chi connectivity index (χ1n) is 11.3. The molecule has 1 N–H and O–H groups in total. The zero-order valence-electron chi connectivity index (χ0n) is 20.0. The summed E-state index contributed by atoms with van der Waals surface area (Å²) in [6.07, 6.45) is 0. The summed E-state index contributed by atoms with van der Waals surface area (Å²) < 4.78 is 12.0. The number of hydrogen-bond acceptors (Lipinski definition) is 5. The highest BCUT2D eigenvalue weighted by Crippen LogP contribution is 2.31. The largest absolute Gasteiger partial charge is 0.491 e. The minimum Gasteiger partial charge on any atom is -0.491 e. The van der Waals surface area contributed by atoms with Crippen molar-refractivity contribution in [3.8, 4) is 11.6 Å². The summed E-state index contributed by atoms with van der Waals surface area (Å²) >= 11 is 0. The second-order valence-electron chi connectivity index (χ2n) is 8.40. The Hall–Kier alpha value is -3.87. The molecule has 7 nitrogen and oxygen atoms in total. The molecule has 1 aliphatic rings. The summed E-state index contributed by atoms with van der Waals surface area (Å²) in [6.45, 7) is 7.19. The summed E-state index contributed by atoms with van der Waals surface area (Å²) in [6, 6.07) is 15.3. The van der Waals surface area contributed by atoms with Crippen LogP contribution < -0.4 is 14.8 Å². The number of nitrogens with zero attached hydrogens (tertiary/aromatic N) is 2. The fourth-order valence-corrected chi connectivity index (χ4v) is 4.19. The van der Waals surface area contributed by atoms with Crippen LogP contribution in [0.25, 0.3) is 0 Å². The maximum atomic E-state index is 13.6. The molecule has 1 aromatic heterocycles. The third kappa shape index (κ3) is 4.73. The molecule has 2 aromatic carbocycles. The number of carbonyl (C=O) groups excluding carboxylic acids is 2. The van der Waals surface area contributed by atoms with Crippen molar-refractivity contribution in [3.63, 3.8) is 0 Å². The van der Waals surface area contributed by atoms with Crippen molar-refractivity contribution >= 4 is 11.8 Å². The molecular formula is C27H29N3O4. The molecule has 176 valence electrons. The maximum absolute atomic E-state index is 13.6. The topological polar surface area (TPSA) is 80.8 Å². The number of pyridine rings is 1. The zero-order valence-corrected chi connectivity index (χ0v) is 20.0. The molecule has 1 aliphatic heterocycles. The Morgan fingerprint density at radius 1 is 1.15 bits per heavy atom. The fourth-order valence-electron chi connectivity index (χ4n) is 4.19. The Bertz CT molecular complexity index is 1220. The molecule has 4 rings (SSSR count). The van der Waals surface area contributed by atoms with Gasteiger partial charge in [0.1, 0.15) is 19.0 Å². The Labute approximate surface area is 199 Å². The van der Waals surface area contributed by atoms with Crippen molar-refractivity contribution in [2.45, 2.75) is 33.9 Å². The van der Waals surface area contributed by atoms with Crippen molar-refractivity contribution < 1.29 is 19.1 Å². The minimum atomic E-state index is -0.237. The average Bonchev–Trinajstić information content (AvgIpc) is 2.99. The van der Waals surface area contributed by atoms with E-state index in [9.17, 15) is 9.59 Å². The highest BCUT2D eigenvalue weighted by atomic mass is 16.5. The molecule has 2 amide bonds. The molecule has 0 atom stereocenters. The van der Waals surface area contributed by atoms with E-state index in [4.69, 9.17) is 9.47 Å². The van der Waals surface area contributed by atoms with Gasteiger partial charge < -0.3 is 19.7 Å². The van der Waals surface area contributed by atoms with Gasteiger partial charge in [0.25, 0.3) is 11.8 Å². The van der Waals surface area contributed by atoms with Crippen LogP contribution >= 0.6 is 0 Å². The quantitative estimate of drug-likeness (QED) is 0.603. The Balaban J connectivity index is 1.65. The molecule has 0 spiro atoms. The predicted octanol–water partition coefficient (Wildman–Crippen LogP) is 3.98. The van der Waals surface area contributed by atoms with Crippen LogP contribution in [0.4, 0.5) is 0 Å². The van der Waals surface area contributed by atoms with Crippen LogP contribution in [0.15, 0.2) is 48.5 Å². The van der Waals surface area contributed by atoms with Gasteiger partial charge in [-0.25, -0.2) is 4.98 Å². The predicted molar refractivity (Wildman–Crippen MR) is 129 cm³/mol. The van der Waals surface area contributed by atoms with Crippen molar-refractivity contribution in [2.24, 2.45) is 0 Å². The first-order chi connectivity index (χ1) is 16.4. The zero-order chi connectivity index (χ0) is 24.2. The molecule has 0 bridgehead atoms. The van der Waals surface area contributed by atoms with Crippen LogP contribution in [-0.2, 0) is 13.2 Å². The van der Waals surface area contributed by atoms with Crippen LogP contribution in [0, 0.1) is 20.8 Å². The molecule has 0 saturated carbocycles. The van der Waals surface area contributed by atoms with E-state index >= 15 is 0 Å². The van der Waals surface area contributed by atoms with E-state index in [2.05, 4.69) is 10.3 Å². The SMILES string of the molecule is CNC(=O)c1ccc2c(c1C)C(=O)N(Cc1c(C)cc(C)nc1OCc1ccccc1)CCO2. The van der Waals surface area contributed by atoms with E-state index < -0.39 is 0 Å². The Morgan fingerprint density at radius 3 is 2.65 bits per heavy atom. The fraction of sp³-hybridized carbons (Fsp3) is 0.296. The second kappa shape index (κ2) is 9.95. The van der Waals surface area contributed by atoms with E-state index in [0.29, 0.717) is 54.6 Å². The number of aromatic nitrogens is 1. The lowest BCUT2D eigenvalue weighted by Crippen LogP contribution is -2.33. The number of nitrogens with one attached hydrogen (secondary N) is 1. The molecule has 34 heavy (non-hydrogen) atoms. The number of carbonyl (C=O) groups is 2. The highest BCUT2D eigenvalue weighted by Gasteiger charge is 2.29. The van der Waals surface area contributed by atoms with Gasteiger partial charge in [-0.2, -0.15) is 0 Å². The van der Waals surface area contributed by atoms with Crippen LogP contribution in [0.1, 0.15) is 48.7 Å². The molecule has 7 heteroatoms. The van der Waals surface area contributed by atoms with Gasteiger partial charge in [0.2, 0.25) is 5.88 Å². The van der Waals surface area contributed by atoms with Gasteiger partial charge in [0.05, 0.1) is 18.7 Å². The third-order valence-electron chi connectivity index (χ3n) is 6.02. The van der Waals surface area contributed by atoms with Crippen molar-refractivity contribution in [2.75, 3.05) is 20.2 Å². The third-order valence-corrected chi connectivity index (χ3v) is 6.02. The minimum absolute atomic E-state index is 0.176. The molecule has 0 radical (unpaired) electrons. The van der Waals surface area contributed by atoms with Crippen molar-refractivity contribution in [3.05, 3.63) is 87.6 Å². The van der Waals surface area contributed by atoms with E-state index in [-0.39, 0.29) is 11.8 Å². The van der Waals surface area contributed by atoms with E-state index in [1.54, 1.807) is 31.0 Å². The number of hydrogen-bond donors (Lipinski definition) is 1. The number of amides is 2. The number of ether oxygens (including phenoxy) is 2.